The van der Waals surface area contributed by atoms with Crippen molar-refractivity contribution in [3.8, 4) is 5.75 Å². The lowest BCUT2D eigenvalue weighted by molar-refractivity contribution is 0.0592. The van der Waals surface area contributed by atoms with E-state index in [9.17, 15) is 0 Å². The fraction of sp³-hybridized carbons (Fsp3) is 0.600. The van der Waals surface area contributed by atoms with Crippen LogP contribution >= 0.6 is 0 Å². The highest BCUT2D eigenvalue weighted by atomic mass is 16.5. The first kappa shape index (κ1) is 13.4. The van der Waals surface area contributed by atoms with Crippen LogP contribution in [-0.4, -0.2) is 32.4 Å². The molecule has 3 nitrogen and oxygen atoms in total. The van der Waals surface area contributed by atoms with Gasteiger partial charge in [0.25, 0.3) is 0 Å². The van der Waals surface area contributed by atoms with Gasteiger partial charge in [0.2, 0.25) is 0 Å². The first-order valence-corrected chi connectivity index (χ1v) is 6.71. The summed E-state index contributed by atoms with van der Waals surface area (Å²) in [5, 5.41) is 3.39. The molecule has 0 aliphatic carbocycles. The number of hydrogen-bond acceptors (Lipinski definition) is 3. The van der Waals surface area contributed by atoms with E-state index in [0.29, 0.717) is 18.6 Å². The molecule has 1 fully saturated rings. The van der Waals surface area contributed by atoms with E-state index >= 15 is 0 Å². The molecule has 0 amide bonds. The summed E-state index contributed by atoms with van der Waals surface area (Å²) in [6, 6.07) is 6.65. The Morgan fingerprint density at radius 3 is 2.94 bits per heavy atom. The van der Waals surface area contributed by atoms with Crippen LogP contribution in [0.4, 0.5) is 0 Å². The SMILES string of the molecule is Cc1ccc(OCC2COCCN2)cc1C(C)C. The largest absolute Gasteiger partial charge is 0.492 e. The Labute approximate surface area is 109 Å². The van der Waals surface area contributed by atoms with Crippen LogP contribution in [0.15, 0.2) is 18.2 Å². The number of aryl methyl sites for hydroxylation is 1. The molecule has 1 aromatic carbocycles. The Morgan fingerprint density at radius 1 is 1.44 bits per heavy atom. The summed E-state index contributed by atoms with van der Waals surface area (Å²) >= 11 is 0. The molecule has 0 bridgehead atoms. The highest BCUT2D eigenvalue weighted by molar-refractivity contribution is 5.36. The van der Waals surface area contributed by atoms with Gasteiger partial charge in [-0.05, 0) is 36.1 Å². The van der Waals surface area contributed by atoms with Gasteiger partial charge in [-0.1, -0.05) is 19.9 Å². The van der Waals surface area contributed by atoms with Gasteiger partial charge >= 0.3 is 0 Å². The van der Waals surface area contributed by atoms with Crippen molar-refractivity contribution in [2.75, 3.05) is 26.4 Å². The van der Waals surface area contributed by atoms with Gasteiger partial charge < -0.3 is 14.8 Å². The van der Waals surface area contributed by atoms with Crippen LogP contribution in [-0.2, 0) is 4.74 Å². The third-order valence-corrected chi connectivity index (χ3v) is 3.32. The Kier molecular flexibility index (Phi) is 4.61. The molecule has 100 valence electrons. The second kappa shape index (κ2) is 6.21. The maximum atomic E-state index is 5.85. The molecule has 1 aromatic rings. The van der Waals surface area contributed by atoms with E-state index in [1.54, 1.807) is 0 Å². The smallest absolute Gasteiger partial charge is 0.119 e. The molecule has 0 spiro atoms. The van der Waals surface area contributed by atoms with Crippen molar-refractivity contribution in [3.63, 3.8) is 0 Å². The van der Waals surface area contributed by atoms with Crippen LogP contribution in [0.25, 0.3) is 0 Å². The summed E-state index contributed by atoms with van der Waals surface area (Å²) in [7, 11) is 0. The molecule has 1 saturated heterocycles. The molecule has 18 heavy (non-hydrogen) atoms. The van der Waals surface area contributed by atoms with Crippen LogP contribution < -0.4 is 10.1 Å². The van der Waals surface area contributed by atoms with Crippen LogP contribution in [0, 0.1) is 6.92 Å². The lowest BCUT2D eigenvalue weighted by Gasteiger charge is -2.24. The molecule has 1 aliphatic heterocycles. The summed E-state index contributed by atoms with van der Waals surface area (Å²) < 4.78 is 11.3. The van der Waals surface area contributed by atoms with E-state index in [1.165, 1.54) is 11.1 Å². The zero-order valence-electron chi connectivity index (χ0n) is 11.5. The number of benzene rings is 1. The van der Waals surface area contributed by atoms with Gasteiger partial charge in [-0.3, -0.25) is 0 Å². The zero-order valence-corrected chi connectivity index (χ0v) is 11.5. The molecule has 1 aliphatic rings. The Bertz CT molecular complexity index is 384. The first-order chi connectivity index (χ1) is 8.66. The lowest BCUT2D eigenvalue weighted by atomic mass is 9.98. The Morgan fingerprint density at radius 2 is 2.28 bits per heavy atom. The van der Waals surface area contributed by atoms with E-state index in [4.69, 9.17) is 9.47 Å². The molecule has 1 heterocycles. The van der Waals surface area contributed by atoms with Gasteiger partial charge in [-0.15, -0.1) is 0 Å². The molecular formula is C15H23NO2. The highest BCUT2D eigenvalue weighted by Crippen LogP contribution is 2.24. The van der Waals surface area contributed by atoms with Crippen molar-refractivity contribution < 1.29 is 9.47 Å². The number of nitrogens with one attached hydrogen (secondary N) is 1. The maximum absolute atomic E-state index is 5.85. The first-order valence-electron chi connectivity index (χ1n) is 6.71. The molecule has 0 saturated carbocycles. The number of hydrogen-bond donors (Lipinski definition) is 1. The van der Waals surface area contributed by atoms with Gasteiger partial charge in [0.15, 0.2) is 0 Å². The monoisotopic (exact) mass is 249 g/mol. The minimum atomic E-state index is 0.308. The second-order valence-corrected chi connectivity index (χ2v) is 5.21. The van der Waals surface area contributed by atoms with Gasteiger partial charge in [0, 0.05) is 6.54 Å². The van der Waals surface area contributed by atoms with Crippen LogP contribution in [0.5, 0.6) is 5.75 Å². The van der Waals surface area contributed by atoms with E-state index < -0.39 is 0 Å². The van der Waals surface area contributed by atoms with Crippen molar-refractivity contribution in [2.24, 2.45) is 0 Å². The maximum Gasteiger partial charge on any atom is 0.119 e. The zero-order chi connectivity index (χ0) is 13.0. The molecule has 1 atom stereocenters. The molecule has 0 radical (unpaired) electrons. The van der Waals surface area contributed by atoms with Crippen molar-refractivity contribution in [2.45, 2.75) is 32.7 Å². The summed E-state index contributed by atoms with van der Waals surface area (Å²) in [5.74, 6) is 1.49. The fourth-order valence-corrected chi connectivity index (χ4v) is 2.25. The number of rotatable bonds is 4. The van der Waals surface area contributed by atoms with E-state index in [0.717, 1.165) is 25.5 Å². The molecule has 3 heteroatoms. The average Bonchev–Trinajstić information content (AvgIpc) is 2.38. The van der Waals surface area contributed by atoms with Gasteiger partial charge in [0.1, 0.15) is 12.4 Å². The molecule has 1 unspecified atom stereocenters. The van der Waals surface area contributed by atoms with Gasteiger partial charge in [-0.25, -0.2) is 0 Å². The van der Waals surface area contributed by atoms with E-state index in [1.807, 2.05) is 6.07 Å². The predicted molar refractivity (Wildman–Crippen MR) is 73.4 cm³/mol. The third kappa shape index (κ3) is 3.47. The number of morpholine rings is 1. The Hall–Kier alpha value is -1.06. The minimum absolute atomic E-state index is 0.308. The topological polar surface area (TPSA) is 30.5 Å². The van der Waals surface area contributed by atoms with Gasteiger partial charge in [-0.2, -0.15) is 0 Å². The number of ether oxygens (including phenoxy) is 2. The summed E-state index contributed by atoms with van der Waals surface area (Å²) in [6.45, 7) is 9.70. The van der Waals surface area contributed by atoms with Crippen molar-refractivity contribution in [1.82, 2.24) is 5.32 Å². The normalized spacial score (nSPS) is 20.1. The summed E-state index contributed by atoms with van der Waals surface area (Å²) in [4.78, 5) is 0. The second-order valence-electron chi connectivity index (χ2n) is 5.21. The highest BCUT2D eigenvalue weighted by Gasteiger charge is 2.13. The summed E-state index contributed by atoms with van der Waals surface area (Å²) in [5.41, 5.74) is 2.69. The minimum Gasteiger partial charge on any atom is -0.492 e. The standard InChI is InChI=1S/C15H23NO2/c1-11(2)15-8-14(5-4-12(15)3)18-10-13-9-17-7-6-16-13/h4-5,8,11,13,16H,6-7,9-10H2,1-3H3. The third-order valence-electron chi connectivity index (χ3n) is 3.32. The van der Waals surface area contributed by atoms with Crippen molar-refractivity contribution in [3.05, 3.63) is 29.3 Å². The van der Waals surface area contributed by atoms with Crippen LogP contribution in [0.2, 0.25) is 0 Å². The lowest BCUT2D eigenvalue weighted by Crippen LogP contribution is -2.44. The molecular weight excluding hydrogens is 226 g/mol. The quantitative estimate of drug-likeness (QED) is 0.889. The average molecular weight is 249 g/mol. The Balaban J connectivity index is 1.94. The fourth-order valence-electron chi connectivity index (χ4n) is 2.25. The van der Waals surface area contributed by atoms with E-state index in [2.05, 4.69) is 38.2 Å². The molecule has 0 aromatic heterocycles. The predicted octanol–water partition coefficient (Wildman–Crippen LogP) is 2.49. The molecule has 1 N–H and O–H groups in total. The molecule has 2 rings (SSSR count). The van der Waals surface area contributed by atoms with E-state index in [-0.39, 0.29) is 0 Å². The summed E-state index contributed by atoms with van der Waals surface area (Å²) in [6.07, 6.45) is 0. The van der Waals surface area contributed by atoms with Crippen molar-refractivity contribution >= 4 is 0 Å². The van der Waals surface area contributed by atoms with Gasteiger partial charge in [0.05, 0.1) is 19.3 Å². The van der Waals surface area contributed by atoms with Crippen molar-refractivity contribution in [1.29, 1.82) is 0 Å². The van der Waals surface area contributed by atoms with Crippen LogP contribution in [0.1, 0.15) is 30.9 Å². The van der Waals surface area contributed by atoms with Crippen LogP contribution in [0.3, 0.4) is 0 Å².